The molecule has 4 aromatic rings. The van der Waals surface area contributed by atoms with Gasteiger partial charge in [-0.05, 0) is 29.8 Å². The normalized spacial score (nSPS) is 10.6. The first kappa shape index (κ1) is 18.1. The molecule has 0 bridgehead atoms. The minimum Gasteiger partial charge on any atom is -0.397 e. The third-order valence-corrected chi connectivity index (χ3v) is 4.37. The van der Waals surface area contributed by atoms with Crippen molar-refractivity contribution >= 4 is 22.5 Å². The fourth-order valence-corrected chi connectivity index (χ4v) is 2.99. The molecule has 3 aromatic heterocycles. The highest BCUT2D eigenvalue weighted by Crippen LogP contribution is 2.26. The quantitative estimate of drug-likeness (QED) is 0.511. The predicted octanol–water partition coefficient (Wildman–Crippen LogP) is 2.71. The number of nitrogens with one attached hydrogen (secondary N) is 1. The Morgan fingerprint density at radius 1 is 1.14 bits per heavy atom. The number of pyridine rings is 2. The molecule has 4 rings (SSSR count). The third-order valence-electron chi connectivity index (χ3n) is 4.37. The molecule has 3 heterocycles. The van der Waals surface area contributed by atoms with Gasteiger partial charge in [0.25, 0.3) is 5.91 Å². The maximum Gasteiger partial charge on any atom is 0.270 e. The standard InChI is InChI=1S/C21H17N7O/c22-7-2-8-25-21(29)18-3-1-4-20(27-18)28-19-10-14(5-6-15(19)12-26-28)16-9-17(23)13-24-11-16/h1,3-6,9-13H,2,8,23H2,(H,25,29). The number of anilines is 1. The van der Waals surface area contributed by atoms with Crippen LogP contribution in [-0.4, -0.2) is 32.2 Å². The molecule has 1 aromatic carbocycles. The Hall–Kier alpha value is -4.25. The summed E-state index contributed by atoms with van der Waals surface area (Å²) in [6.07, 6.45) is 5.35. The molecular weight excluding hydrogens is 366 g/mol. The molecule has 0 saturated carbocycles. The SMILES string of the molecule is N#CCCNC(=O)c1cccc(-n2ncc3ccc(-c4cncc(N)c4)cc32)n1. The number of carbonyl (C=O) groups is 1. The van der Waals surface area contributed by atoms with Crippen molar-refractivity contribution in [2.45, 2.75) is 6.42 Å². The molecule has 0 atom stereocenters. The van der Waals surface area contributed by atoms with Crippen LogP contribution < -0.4 is 11.1 Å². The van der Waals surface area contributed by atoms with E-state index in [1.807, 2.05) is 30.3 Å². The molecule has 29 heavy (non-hydrogen) atoms. The highest BCUT2D eigenvalue weighted by Gasteiger charge is 2.12. The zero-order valence-corrected chi connectivity index (χ0v) is 15.4. The van der Waals surface area contributed by atoms with E-state index >= 15 is 0 Å². The number of fused-ring (bicyclic) bond motifs is 1. The van der Waals surface area contributed by atoms with Crippen LogP contribution in [0.25, 0.3) is 27.8 Å². The number of hydrogen-bond acceptors (Lipinski definition) is 6. The van der Waals surface area contributed by atoms with Crippen LogP contribution in [0.5, 0.6) is 0 Å². The van der Waals surface area contributed by atoms with Crippen LogP contribution in [0.1, 0.15) is 16.9 Å². The zero-order chi connectivity index (χ0) is 20.2. The van der Waals surface area contributed by atoms with E-state index in [4.69, 9.17) is 11.0 Å². The Balaban J connectivity index is 1.71. The number of rotatable bonds is 5. The van der Waals surface area contributed by atoms with E-state index < -0.39 is 0 Å². The number of amides is 1. The molecule has 0 aliphatic rings. The second kappa shape index (κ2) is 7.78. The largest absolute Gasteiger partial charge is 0.397 e. The minimum atomic E-state index is -0.329. The fraction of sp³-hybridized carbons (Fsp3) is 0.0952. The van der Waals surface area contributed by atoms with Crippen LogP contribution in [0, 0.1) is 11.3 Å². The van der Waals surface area contributed by atoms with Gasteiger partial charge in [-0.25, -0.2) is 9.67 Å². The zero-order valence-electron chi connectivity index (χ0n) is 15.4. The second-order valence-electron chi connectivity index (χ2n) is 6.38. The summed E-state index contributed by atoms with van der Waals surface area (Å²) < 4.78 is 1.69. The molecule has 0 radical (unpaired) electrons. The van der Waals surface area contributed by atoms with E-state index in [0.717, 1.165) is 22.0 Å². The Kier molecular flexibility index (Phi) is 4.86. The van der Waals surface area contributed by atoms with Gasteiger partial charge in [-0.15, -0.1) is 0 Å². The van der Waals surface area contributed by atoms with Crippen LogP contribution in [0.15, 0.2) is 61.1 Å². The Morgan fingerprint density at radius 2 is 2.03 bits per heavy atom. The number of benzene rings is 1. The molecular formula is C21H17N7O. The van der Waals surface area contributed by atoms with Crippen molar-refractivity contribution in [2.75, 3.05) is 12.3 Å². The van der Waals surface area contributed by atoms with Gasteiger partial charge in [-0.2, -0.15) is 10.4 Å². The summed E-state index contributed by atoms with van der Waals surface area (Å²) in [6.45, 7) is 0.281. The molecule has 1 amide bonds. The van der Waals surface area contributed by atoms with Gasteiger partial charge in [-0.1, -0.05) is 18.2 Å². The molecule has 8 nitrogen and oxygen atoms in total. The molecule has 0 spiro atoms. The summed E-state index contributed by atoms with van der Waals surface area (Å²) in [6, 6.07) is 14.9. The summed E-state index contributed by atoms with van der Waals surface area (Å²) in [5, 5.41) is 16.6. The van der Waals surface area contributed by atoms with Crippen LogP contribution >= 0.6 is 0 Å². The van der Waals surface area contributed by atoms with Crippen LogP contribution in [-0.2, 0) is 0 Å². The number of nitrogens with zero attached hydrogens (tertiary/aromatic N) is 5. The summed E-state index contributed by atoms with van der Waals surface area (Å²) in [4.78, 5) is 20.8. The second-order valence-corrected chi connectivity index (χ2v) is 6.38. The van der Waals surface area contributed by atoms with Gasteiger partial charge in [0.2, 0.25) is 0 Å². The molecule has 0 aliphatic heterocycles. The van der Waals surface area contributed by atoms with E-state index in [1.54, 1.807) is 41.5 Å². The van der Waals surface area contributed by atoms with Crippen molar-refractivity contribution in [2.24, 2.45) is 0 Å². The first-order valence-corrected chi connectivity index (χ1v) is 8.97. The predicted molar refractivity (Wildman–Crippen MR) is 109 cm³/mol. The molecule has 8 heteroatoms. The lowest BCUT2D eigenvalue weighted by atomic mass is 10.1. The van der Waals surface area contributed by atoms with Gasteiger partial charge in [0, 0.05) is 29.9 Å². The van der Waals surface area contributed by atoms with Gasteiger partial charge in [0.15, 0.2) is 5.82 Å². The van der Waals surface area contributed by atoms with E-state index in [2.05, 4.69) is 20.4 Å². The van der Waals surface area contributed by atoms with Crippen molar-refractivity contribution in [3.63, 3.8) is 0 Å². The van der Waals surface area contributed by atoms with Crippen LogP contribution in [0.4, 0.5) is 5.69 Å². The Labute approximate surface area is 166 Å². The first-order valence-electron chi connectivity index (χ1n) is 8.97. The summed E-state index contributed by atoms with van der Waals surface area (Å²) in [5.74, 6) is 0.195. The number of hydrogen-bond donors (Lipinski definition) is 2. The summed E-state index contributed by atoms with van der Waals surface area (Å²) >= 11 is 0. The average Bonchev–Trinajstić information content (AvgIpc) is 3.17. The van der Waals surface area contributed by atoms with Crippen molar-refractivity contribution in [3.05, 3.63) is 66.7 Å². The third kappa shape index (κ3) is 3.75. The Bertz CT molecular complexity index is 1240. The van der Waals surface area contributed by atoms with Gasteiger partial charge in [0.05, 0.1) is 29.9 Å². The number of nitriles is 1. The molecule has 0 saturated heterocycles. The van der Waals surface area contributed by atoms with E-state index in [1.165, 1.54) is 0 Å². The fourth-order valence-electron chi connectivity index (χ4n) is 2.99. The van der Waals surface area contributed by atoms with Crippen molar-refractivity contribution in [3.8, 4) is 23.0 Å². The monoisotopic (exact) mass is 383 g/mol. The van der Waals surface area contributed by atoms with Crippen molar-refractivity contribution in [1.29, 1.82) is 5.26 Å². The van der Waals surface area contributed by atoms with Crippen LogP contribution in [0.3, 0.4) is 0 Å². The molecule has 0 fully saturated rings. The van der Waals surface area contributed by atoms with Gasteiger partial charge in [0.1, 0.15) is 5.69 Å². The highest BCUT2D eigenvalue weighted by molar-refractivity contribution is 5.92. The number of aromatic nitrogens is 4. The Morgan fingerprint density at radius 3 is 2.86 bits per heavy atom. The lowest BCUT2D eigenvalue weighted by Crippen LogP contribution is -2.25. The van der Waals surface area contributed by atoms with Crippen molar-refractivity contribution < 1.29 is 4.79 Å². The maximum absolute atomic E-state index is 12.2. The molecule has 3 N–H and O–H groups in total. The van der Waals surface area contributed by atoms with Gasteiger partial charge < -0.3 is 11.1 Å². The number of nitrogens with two attached hydrogens (primary N) is 1. The lowest BCUT2D eigenvalue weighted by molar-refractivity contribution is 0.0949. The molecule has 0 unspecified atom stereocenters. The van der Waals surface area contributed by atoms with Crippen LogP contribution in [0.2, 0.25) is 0 Å². The topological polar surface area (TPSA) is 123 Å². The van der Waals surface area contributed by atoms with Gasteiger partial charge >= 0.3 is 0 Å². The first-order chi connectivity index (χ1) is 14.2. The average molecular weight is 383 g/mol. The smallest absolute Gasteiger partial charge is 0.270 e. The number of carbonyl (C=O) groups excluding carboxylic acids is 1. The maximum atomic E-state index is 12.2. The molecule has 142 valence electrons. The summed E-state index contributed by atoms with van der Waals surface area (Å²) in [7, 11) is 0. The van der Waals surface area contributed by atoms with E-state index in [9.17, 15) is 4.79 Å². The summed E-state index contributed by atoms with van der Waals surface area (Å²) in [5.41, 5.74) is 9.40. The molecule has 0 aliphatic carbocycles. The number of nitrogen functional groups attached to an aromatic ring is 1. The van der Waals surface area contributed by atoms with E-state index in [0.29, 0.717) is 11.5 Å². The van der Waals surface area contributed by atoms with E-state index in [-0.39, 0.29) is 24.6 Å². The van der Waals surface area contributed by atoms with Gasteiger partial charge in [-0.3, -0.25) is 9.78 Å². The van der Waals surface area contributed by atoms with Crippen molar-refractivity contribution in [1.82, 2.24) is 25.1 Å². The highest BCUT2D eigenvalue weighted by atomic mass is 16.1. The minimum absolute atomic E-state index is 0.247. The lowest BCUT2D eigenvalue weighted by Gasteiger charge is -2.07.